The second-order valence-corrected chi connectivity index (χ2v) is 6.80. The molecule has 0 spiro atoms. The van der Waals surface area contributed by atoms with Gasteiger partial charge in [-0.15, -0.1) is 12.6 Å². The van der Waals surface area contributed by atoms with E-state index in [4.69, 9.17) is 4.74 Å². The second-order valence-electron chi connectivity index (χ2n) is 6.32. The van der Waals surface area contributed by atoms with Gasteiger partial charge in [-0.05, 0) is 50.4 Å². The molecular formula is C20H25NOS. The summed E-state index contributed by atoms with van der Waals surface area (Å²) >= 11 is 4.53. The van der Waals surface area contributed by atoms with Gasteiger partial charge < -0.3 is 4.74 Å². The van der Waals surface area contributed by atoms with Crippen LogP contribution >= 0.6 is 12.6 Å². The van der Waals surface area contributed by atoms with Crippen LogP contribution in [0, 0.1) is 5.92 Å². The summed E-state index contributed by atoms with van der Waals surface area (Å²) in [5.41, 5.74) is 1.12. The third-order valence-corrected chi connectivity index (χ3v) is 5.04. The Labute approximate surface area is 144 Å². The molecule has 3 rings (SSSR count). The number of benzene rings is 2. The number of aryl methyl sites for hydroxylation is 1. The lowest BCUT2D eigenvalue weighted by Crippen LogP contribution is -2.50. The van der Waals surface area contributed by atoms with E-state index in [1.54, 1.807) is 0 Å². The molecule has 0 saturated heterocycles. The van der Waals surface area contributed by atoms with Gasteiger partial charge in [0.05, 0.1) is 0 Å². The molecule has 2 aromatic carbocycles. The maximum Gasteiger partial charge on any atom is 0.163 e. The third kappa shape index (κ3) is 4.10. The molecule has 1 atom stereocenters. The van der Waals surface area contributed by atoms with Gasteiger partial charge in [-0.1, -0.05) is 42.5 Å². The number of hydrogen-bond donors (Lipinski definition) is 2. The number of hydrogen-bond acceptors (Lipinski definition) is 3. The van der Waals surface area contributed by atoms with Gasteiger partial charge in [-0.3, -0.25) is 5.32 Å². The maximum atomic E-state index is 6.46. The van der Waals surface area contributed by atoms with Crippen LogP contribution in [0.1, 0.15) is 31.2 Å². The van der Waals surface area contributed by atoms with Crippen molar-refractivity contribution in [2.24, 2.45) is 5.92 Å². The summed E-state index contributed by atoms with van der Waals surface area (Å²) in [6.45, 7) is 0. The molecule has 2 aromatic rings. The Hall–Kier alpha value is -1.45. The number of rotatable bonds is 8. The van der Waals surface area contributed by atoms with Crippen LogP contribution in [0.15, 0.2) is 59.5 Å². The summed E-state index contributed by atoms with van der Waals surface area (Å²) in [7, 11) is 2.02. The zero-order valence-electron chi connectivity index (χ0n) is 13.7. The molecular weight excluding hydrogens is 302 g/mol. The number of nitrogens with one attached hydrogen (secondary N) is 1. The van der Waals surface area contributed by atoms with Gasteiger partial charge in [0.1, 0.15) is 5.75 Å². The minimum absolute atomic E-state index is 0.270. The first kappa shape index (κ1) is 16.4. The van der Waals surface area contributed by atoms with Crippen LogP contribution in [-0.4, -0.2) is 12.8 Å². The third-order valence-electron chi connectivity index (χ3n) is 4.67. The average molecular weight is 327 g/mol. The molecule has 1 aliphatic carbocycles. The van der Waals surface area contributed by atoms with Crippen LogP contribution in [0.3, 0.4) is 0 Å². The Kier molecular flexibility index (Phi) is 5.29. The SMILES string of the molecule is CNC(CCCc1ccccc1)(Oc1ccccc1S)C1CC1. The number of thiol groups is 1. The van der Waals surface area contributed by atoms with Crippen LogP contribution < -0.4 is 10.1 Å². The number of para-hydroxylation sites is 1. The molecule has 23 heavy (non-hydrogen) atoms. The van der Waals surface area contributed by atoms with E-state index in [1.165, 1.54) is 18.4 Å². The van der Waals surface area contributed by atoms with Gasteiger partial charge in [0.2, 0.25) is 0 Å². The first-order valence-electron chi connectivity index (χ1n) is 8.43. The van der Waals surface area contributed by atoms with Crippen LogP contribution in [0.5, 0.6) is 5.75 Å². The van der Waals surface area contributed by atoms with Gasteiger partial charge in [0, 0.05) is 17.2 Å². The summed E-state index contributed by atoms with van der Waals surface area (Å²) in [5.74, 6) is 1.47. The van der Waals surface area contributed by atoms with Crippen molar-refractivity contribution in [2.75, 3.05) is 7.05 Å². The van der Waals surface area contributed by atoms with Crippen molar-refractivity contribution in [2.45, 2.75) is 42.7 Å². The van der Waals surface area contributed by atoms with E-state index in [0.29, 0.717) is 5.92 Å². The lowest BCUT2D eigenvalue weighted by Gasteiger charge is -2.35. The summed E-state index contributed by atoms with van der Waals surface area (Å²) in [6, 6.07) is 18.7. The van der Waals surface area contributed by atoms with Gasteiger partial charge in [0.25, 0.3) is 0 Å². The Bertz CT molecular complexity index is 627. The molecule has 122 valence electrons. The van der Waals surface area contributed by atoms with Crippen molar-refractivity contribution in [1.82, 2.24) is 5.32 Å². The fourth-order valence-corrected chi connectivity index (χ4v) is 3.41. The molecule has 0 bridgehead atoms. The molecule has 3 heteroatoms. The maximum absolute atomic E-state index is 6.46. The minimum atomic E-state index is -0.270. The highest BCUT2D eigenvalue weighted by atomic mass is 32.1. The molecule has 0 amide bonds. The standard InChI is InChI=1S/C20H25NOS/c1-21-20(17-13-14-17,22-18-11-5-6-12-19(18)23)15-7-10-16-8-3-2-4-9-16/h2-6,8-9,11-12,17,21,23H,7,10,13-15H2,1H3. The molecule has 0 radical (unpaired) electrons. The first-order valence-corrected chi connectivity index (χ1v) is 8.88. The van der Waals surface area contributed by atoms with Gasteiger partial charge in [-0.2, -0.15) is 0 Å². The normalized spacial score (nSPS) is 16.8. The topological polar surface area (TPSA) is 21.3 Å². The van der Waals surface area contributed by atoms with Crippen LogP contribution in [-0.2, 0) is 6.42 Å². The summed E-state index contributed by atoms with van der Waals surface area (Å²) < 4.78 is 6.46. The van der Waals surface area contributed by atoms with Crippen molar-refractivity contribution in [3.8, 4) is 5.75 Å². The van der Waals surface area contributed by atoms with E-state index in [1.807, 2.05) is 31.3 Å². The minimum Gasteiger partial charge on any atom is -0.471 e. The molecule has 1 fully saturated rings. The molecule has 0 heterocycles. The van der Waals surface area contributed by atoms with E-state index < -0.39 is 0 Å². The Morgan fingerprint density at radius 2 is 1.78 bits per heavy atom. The van der Waals surface area contributed by atoms with E-state index in [9.17, 15) is 0 Å². The van der Waals surface area contributed by atoms with E-state index >= 15 is 0 Å². The average Bonchev–Trinajstić information content (AvgIpc) is 3.42. The predicted molar refractivity (Wildman–Crippen MR) is 98.2 cm³/mol. The van der Waals surface area contributed by atoms with Crippen molar-refractivity contribution >= 4 is 12.6 Å². The van der Waals surface area contributed by atoms with E-state index in [0.717, 1.165) is 29.9 Å². The summed E-state index contributed by atoms with van der Waals surface area (Å²) in [4.78, 5) is 0.899. The molecule has 2 nitrogen and oxygen atoms in total. The monoisotopic (exact) mass is 327 g/mol. The highest BCUT2D eigenvalue weighted by molar-refractivity contribution is 7.80. The molecule has 0 aliphatic heterocycles. The van der Waals surface area contributed by atoms with Crippen LogP contribution in [0.2, 0.25) is 0 Å². The largest absolute Gasteiger partial charge is 0.471 e. The lowest BCUT2D eigenvalue weighted by atomic mass is 9.98. The van der Waals surface area contributed by atoms with Crippen molar-refractivity contribution in [3.63, 3.8) is 0 Å². The van der Waals surface area contributed by atoms with Gasteiger partial charge in [-0.25, -0.2) is 0 Å². The highest BCUT2D eigenvalue weighted by Gasteiger charge is 2.46. The summed E-state index contributed by atoms with van der Waals surface area (Å²) in [5, 5.41) is 3.48. The lowest BCUT2D eigenvalue weighted by molar-refractivity contribution is 0.00510. The Morgan fingerprint density at radius 1 is 1.09 bits per heavy atom. The molecule has 1 aliphatic rings. The van der Waals surface area contributed by atoms with Crippen LogP contribution in [0.4, 0.5) is 0 Å². The van der Waals surface area contributed by atoms with Crippen molar-refractivity contribution in [1.29, 1.82) is 0 Å². The Morgan fingerprint density at radius 3 is 2.43 bits per heavy atom. The predicted octanol–water partition coefficient (Wildman–Crippen LogP) is 4.70. The van der Waals surface area contributed by atoms with Crippen molar-refractivity contribution < 1.29 is 4.74 Å². The highest BCUT2D eigenvalue weighted by Crippen LogP contribution is 2.44. The zero-order chi connectivity index (χ0) is 16.1. The molecule has 1 saturated carbocycles. The zero-order valence-corrected chi connectivity index (χ0v) is 14.6. The Balaban J connectivity index is 1.68. The van der Waals surface area contributed by atoms with Crippen molar-refractivity contribution in [3.05, 3.63) is 60.2 Å². The van der Waals surface area contributed by atoms with Gasteiger partial charge in [0.15, 0.2) is 5.72 Å². The summed E-state index contributed by atoms with van der Waals surface area (Å²) in [6.07, 6.45) is 5.67. The molecule has 1 unspecified atom stereocenters. The van der Waals surface area contributed by atoms with E-state index in [2.05, 4.69) is 48.3 Å². The fraction of sp³-hybridized carbons (Fsp3) is 0.400. The fourth-order valence-electron chi connectivity index (χ4n) is 3.21. The van der Waals surface area contributed by atoms with E-state index in [-0.39, 0.29) is 5.72 Å². The molecule has 0 aromatic heterocycles. The van der Waals surface area contributed by atoms with Gasteiger partial charge >= 0.3 is 0 Å². The second kappa shape index (κ2) is 7.41. The number of ether oxygens (including phenoxy) is 1. The quantitative estimate of drug-likeness (QED) is 0.541. The first-order chi connectivity index (χ1) is 11.2. The smallest absolute Gasteiger partial charge is 0.163 e. The molecule has 1 N–H and O–H groups in total. The van der Waals surface area contributed by atoms with Crippen LogP contribution in [0.25, 0.3) is 0 Å².